The van der Waals surface area contributed by atoms with E-state index < -0.39 is 9.84 Å². The van der Waals surface area contributed by atoms with Gasteiger partial charge in [-0.1, -0.05) is 0 Å². The van der Waals surface area contributed by atoms with Gasteiger partial charge in [0.05, 0.1) is 5.75 Å². The fourth-order valence-corrected chi connectivity index (χ4v) is 2.37. The van der Waals surface area contributed by atoms with E-state index in [9.17, 15) is 8.42 Å². The SMILES string of the molecule is Cc1cc(NC(C)CS(C)(=O)=O)nn1C. The molecule has 0 saturated heterocycles. The van der Waals surface area contributed by atoms with Crippen LogP contribution in [0.15, 0.2) is 6.07 Å². The number of aryl methyl sites for hydroxylation is 2. The number of rotatable bonds is 4. The lowest BCUT2D eigenvalue weighted by Crippen LogP contribution is -2.25. The van der Waals surface area contributed by atoms with Crippen molar-refractivity contribution in [3.63, 3.8) is 0 Å². The summed E-state index contributed by atoms with van der Waals surface area (Å²) in [6.07, 6.45) is 1.23. The molecule has 1 unspecified atom stereocenters. The molecule has 0 radical (unpaired) electrons. The van der Waals surface area contributed by atoms with E-state index in [0.29, 0.717) is 5.82 Å². The fraction of sp³-hybridized carbons (Fsp3) is 0.667. The maximum atomic E-state index is 11.0. The van der Waals surface area contributed by atoms with Crippen molar-refractivity contribution in [1.82, 2.24) is 9.78 Å². The molecule has 0 bridgehead atoms. The highest BCUT2D eigenvalue weighted by Crippen LogP contribution is 2.08. The van der Waals surface area contributed by atoms with Gasteiger partial charge in [0.2, 0.25) is 0 Å². The molecule has 1 N–H and O–H groups in total. The van der Waals surface area contributed by atoms with Crippen molar-refractivity contribution < 1.29 is 8.42 Å². The second-order valence-electron chi connectivity index (χ2n) is 3.93. The maximum absolute atomic E-state index is 11.0. The molecule has 0 spiro atoms. The van der Waals surface area contributed by atoms with E-state index in [4.69, 9.17) is 0 Å². The van der Waals surface area contributed by atoms with Crippen LogP contribution in [0.25, 0.3) is 0 Å². The van der Waals surface area contributed by atoms with Crippen LogP contribution in [-0.2, 0) is 16.9 Å². The molecule has 0 aliphatic heterocycles. The lowest BCUT2D eigenvalue weighted by atomic mass is 10.4. The Balaban J connectivity index is 2.63. The van der Waals surface area contributed by atoms with Gasteiger partial charge in [-0.2, -0.15) is 5.10 Å². The molecule has 0 aliphatic carbocycles. The Morgan fingerprint density at radius 2 is 2.20 bits per heavy atom. The lowest BCUT2D eigenvalue weighted by molar-refractivity contribution is 0.597. The van der Waals surface area contributed by atoms with Crippen molar-refractivity contribution >= 4 is 15.7 Å². The summed E-state index contributed by atoms with van der Waals surface area (Å²) >= 11 is 0. The quantitative estimate of drug-likeness (QED) is 0.823. The number of hydrogen-bond donors (Lipinski definition) is 1. The first kappa shape index (κ1) is 12.0. The highest BCUT2D eigenvalue weighted by molar-refractivity contribution is 7.90. The van der Waals surface area contributed by atoms with E-state index in [1.807, 2.05) is 27.0 Å². The summed E-state index contributed by atoms with van der Waals surface area (Å²) in [6, 6.07) is 1.76. The van der Waals surface area contributed by atoms with Gasteiger partial charge in [-0.3, -0.25) is 4.68 Å². The minimum Gasteiger partial charge on any atom is -0.365 e. The van der Waals surface area contributed by atoms with Gasteiger partial charge in [-0.15, -0.1) is 0 Å². The molecule has 0 amide bonds. The third-order valence-corrected chi connectivity index (χ3v) is 3.17. The number of nitrogens with one attached hydrogen (secondary N) is 1. The Labute approximate surface area is 90.4 Å². The Bertz CT molecular complexity index is 417. The number of sulfone groups is 1. The van der Waals surface area contributed by atoms with Crippen LogP contribution in [0.2, 0.25) is 0 Å². The van der Waals surface area contributed by atoms with Gasteiger partial charge in [-0.25, -0.2) is 8.42 Å². The van der Waals surface area contributed by atoms with Gasteiger partial charge in [0.1, 0.15) is 15.7 Å². The smallest absolute Gasteiger partial charge is 0.149 e. The Kier molecular flexibility index (Phi) is 3.38. The van der Waals surface area contributed by atoms with Crippen LogP contribution in [0.3, 0.4) is 0 Å². The summed E-state index contributed by atoms with van der Waals surface area (Å²) in [5.74, 6) is 0.828. The van der Waals surface area contributed by atoms with Crippen LogP contribution in [0.5, 0.6) is 0 Å². The van der Waals surface area contributed by atoms with Crippen LogP contribution in [0.1, 0.15) is 12.6 Å². The molecule has 0 aromatic carbocycles. The summed E-state index contributed by atoms with van der Waals surface area (Å²) in [6.45, 7) is 3.77. The van der Waals surface area contributed by atoms with Crippen molar-refractivity contribution in [3.05, 3.63) is 11.8 Å². The largest absolute Gasteiger partial charge is 0.365 e. The van der Waals surface area contributed by atoms with Crippen molar-refractivity contribution in [2.75, 3.05) is 17.3 Å². The predicted molar refractivity (Wildman–Crippen MR) is 60.7 cm³/mol. The minimum absolute atomic E-state index is 0.114. The van der Waals surface area contributed by atoms with Crippen molar-refractivity contribution in [2.24, 2.45) is 7.05 Å². The molecule has 0 fully saturated rings. The average molecular weight is 231 g/mol. The molecule has 1 heterocycles. The first-order chi connectivity index (χ1) is 6.78. The Morgan fingerprint density at radius 1 is 1.60 bits per heavy atom. The maximum Gasteiger partial charge on any atom is 0.149 e. The zero-order chi connectivity index (χ0) is 11.6. The van der Waals surface area contributed by atoms with E-state index in [0.717, 1.165) is 5.69 Å². The molecule has 1 aromatic rings. The number of aromatic nitrogens is 2. The van der Waals surface area contributed by atoms with Gasteiger partial charge in [-0.05, 0) is 13.8 Å². The fourth-order valence-electron chi connectivity index (χ4n) is 1.38. The molecule has 0 saturated carbocycles. The Hall–Kier alpha value is -1.04. The van der Waals surface area contributed by atoms with Crippen molar-refractivity contribution in [2.45, 2.75) is 19.9 Å². The monoisotopic (exact) mass is 231 g/mol. The minimum atomic E-state index is -2.94. The molecule has 1 atom stereocenters. The molecule has 1 rings (SSSR count). The first-order valence-corrected chi connectivity index (χ1v) is 6.79. The third kappa shape index (κ3) is 3.91. The topological polar surface area (TPSA) is 64.0 Å². The zero-order valence-corrected chi connectivity index (χ0v) is 10.3. The third-order valence-electron chi connectivity index (χ3n) is 2.06. The molecule has 86 valence electrons. The molecule has 1 aromatic heterocycles. The van der Waals surface area contributed by atoms with E-state index in [-0.39, 0.29) is 11.8 Å². The van der Waals surface area contributed by atoms with Crippen LogP contribution in [0.4, 0.5) is 5.82 Å². The van der Waals surface area contributed by atoms with Gasteiger partial charge >= 0.3 is 0 Å². The van der Waals surface area contributed by atoms with E-state index in [2.05, 4.69) is 10.4 Å². The zero-order valence-electron chi connectivity index (χ0n) is 9.48. The average Bonchev–Trinajstić information content (AvgIpc) is 2.26. The molecule has 15 heavy (non-hydrogen) atoms. The van der Waals surface area contributed by atoms with Crippen molar-refractivity contribution in [3.8, 4) is 0 Å². The summed E-state index contributed by atoms with van der Waals surface area (Å²) in [5, 5.41) is 7.24. The van der Waals surface area contributed by atoms with Crippen molar-refractivity contribution in [1.29, 1.82) is 0 Å². The lowest BCUT2D eigenvalue weighted by Gasteiger charge is -2.11. The molecule has 6 heteroatoms. The summed E-state index contributed by atoms with van der Waals surface area (Å²) < 4.78 is 23.8. The summed E-state index contributed by atoms with van der Waals surface area (Å²) in [4.78, 5) is 0. The second-order valence-corrected chi connectivity index (χ2v) is 6.12. The summed E-state index contributed by atoms with van der Waals surface area (Å²) in [7, 11) is -1.09. The number of anilines is 1. The van der Waals surface area contributed by atoms with Crippen LogP contribution < -0.4 is 5.32 Å². The van der Waals surface area contributed by atoms with Crippen LogP contribution in [-0.4, -0.2) is 36.2 Å². The van der Waals surface area contributed by atoms with Crippen LogP contribution >= 0.6 is 0 Å². The molecule has 5 nitrogen and oxygen atoms in total. The molecule has 0 aliphatic rings. The van der Waals surface area contributed by atoms with Gasteiger partial charge in [0.15, 0.2) is 0 Å². The van der Waals surface area contributed by atoms with E-state index in [1.54, 1.807) is 4.68 Å². The number of nitrogens with zero attached hydrogens (tertiary/aromatic N) is 2. The van der Waals surface area contributed by atoms with Gasteiger partial charge in [0.25, 0.3) is 0 Å². The second kappa shape index (κ2) is 4.22. The Morgan fingerprint density at radius 3 is 2.60 bits per heavy atom. The van der Waals surface area contributed by atoms with Crippen LogP contribution in [0, 0.1) is 6.92 Å². The number of hydrogen-bond acceptors (Lipinski definition) is 4. The molecular formula is C9H17N3O2S. The van der Waals surface area contributed by atoms with E-state index >= 15 is 0 Å². The van der Waals surface area contributed by atoms with Gasteiger partial charge in [0, 0.05) is 31.1 Å². The highest BCUT2D eigenvalue weighted by atomic mass is 32.2. The predicted octanol–water partition coefficient (Wildman–Crippen LogP) is 0.574. The standard InChI is InChI=1S/C9H17N3O2S/c1-7(6-15(4,13)14)10-9-5-8(2)12(3)11-9/h5,7H,6H2,1-4H3,(H,10,11). The van der Waals surface area contributed by atoms with E-state index in [1.165, 1.54) is 6.26 Å². The summed E-state index contributed by atoms with van der Waals surface area (Å²) in [5.41, 5.74) is 1.03. The highest BCUT2D eigenvalue weighted by Gasteiger charge is 2.11. The normalized spacial score (nSPS) is 13.9. The molecular weight excluding hydrogens is 214 g/mol. The first-order valence-electron chi connectivity index (χ1n) is 4.73. The van der Waals surface area contributed by atoms with Gasteiger partial charge < -0.3 is 5.32 Å².